The summed E-state index contributed by atoms with van der Waals surface area (Å²) in [5, 5.41) is 0.553. The summed E-state index contributed by atoms with van der Waals surface area (Å²) in [6.45, 7) is 0. The fraction of sp³-hybridized carbons (Fsp3) is 0.0769. The maximum Gasteiger partial charge on any atom is 0.207 e. The first-order chi connectivity index (χ1) is 9.20. The molecular weight excluding hydrogens is 264 g/mol. The van der Waals surface area contributed by atoms with E-state index in [2.05, 4.69) is 9.97 Å². The molecule has 0 aliphatic rings. The highest BCUT2D eigenvalue weighted by atomic mass is 35.5. The van der Waals surface area contributed by atoms with Crippen molar-refractivity contribution in [3.63, 3.8) is 0 Å². The van der Waals surface area contributed by atoms with E-state index in [1.807, 2.05) is 12.1 Å². The van der Waals surface area contributed by atoms with Gasteiger partial charge in [-0.1, -0.05) is 11.6 Å². The second-order valence-electron chi connectivity index (χ2n) is 3.97. The number of aromatic nitrogens is 3. The number of nitrogen functional groups attached to an aromatic ring is 1. The van der Waals surface area contributed by atoms with E-state index in [9.17, 15) is 0 Å². The van der Waals surface area contributed by atoms with Crippen LogP contribution in [0.15, 0.2) is 36.5 Å². The standard InChI is InChI=1S/C13H11ClN4O/c1-19-8-4-5-9(14)11(7-8)18-12-10(17-13(18)15)3-2-6-16-12/h2-7H,1H3,(H2,15,17). The summed E-state index contributed by atoms with van der Waals surface area (Å²) in [4.78, 5) is 8.56. The molecule has 0 saturated heterocycles. The number of fused-ring (bicyclic) bond motifs is 1. The number of anilines is 1. The van der Waals surface area contributed by atoms with Gasteiger partial charge in [-0.15, -0.1) is 0 Å². The van der Waals surface area contributed by atoms with Gasteiger partial charge in [-0.25, -0.2) is 9.97 Å². The third-order valence-corrected chi connectivity index (χ3v) is 3.16. The Morgan fingerprint density at radius 2 is 2.16 bits per heavy atom. The zero-order chi connectivity index (χ0) is 13.4. The van der Waals surface area contributed by atoms with Gasteiger partial charge >= 0.3 is 0 Å². The molecule has 0 unspecified atom stereocenters. The van der Waals surface area contributed by atoms with Gasteiger partial charge in [0, 0.05) is 12.3 Å². The summed E-state index contributed by atoms with van der Waals surface area (Å²) in [5.74, 6) is 1.03. The van der Waals surface area contributed by atoms with E-state index in [0.717, 1.165) is 5.52 Å². The Bertz CT molecular complexity index is 753. The maximum absolute atomic E-state index is 6.23. The summed E-state index contributed by atoms with van der Waals surface area (Å²) in [6.07, 6.45) is 1.69. The quantitative estimate of drug-likeness (QED) is 0.780. The summed E-state index contributed by atoms with van der Waals surface area (Å²) >= 11 is 6.23. The largest absolute Gasteiger partial charge is 0.497 e. The lowest BCUT2D eigenvalue weighted by Crippen LogP contribution is -2.02. The van der Waals surface area contributed by atoms with E-state index >= 15 is 0 Å². The van der Waals surface area contributed by atoms with E-state index in [1.54, 1.807) is 36.1 Å². The Kier molecular flexibility index (Phi) is 2.76. The number of benzene rings is 1. The van der Waals surface area contributed by atoms with E-state index in [-0.39, 0.29) is 0 Å². The Hall–Kier alpha value is -2.27. The number of rotatable bonds is 2. The predicted octanol–water partition coefficient (Wildman–Crippen LogP) is 2.66. The molecule has 0 spiro atoms. The van der Waals surface area contributed by atoms with Gasteiger partial charge in [-0.05, 0) is 24.3 Å². The van der Waals surface area contributed by atoms with Crippen molar-refractivity contribution < 1.29 is 4.74 Å². The fourth-order valence-electron chi connectivity index (χ4n) is 1.96. The molecule has 2 heterocycles. The topological polar surface area (TPSA) is 66.0 Å². The number of halogens is 1. The highest BCUT2D eigenvalue weighted by Crippen LogP contribution is 2.29. The Morgan fingerprint density at radius 3 is 2.95 bits per heavy atom. The summed E-state index contributed by atoms with van der Waals surface area (Å²) in [6, 6.07) is 9.00. The smallest absolute Gasteiger partial charge is 0.207 e. The van der Waals surface area contributed by atoms with Crippen molar-refractivity contribution >= 4 is 28.7 Å². The predicted molar refractivity (Wildman–Crippen MR) is 74.8 cm³/mol. The first kappa shape index (κ1) is 11.8. The van der Waals surface area contributed by atoms with Crippen LogP contribution in [-0.4, -0.2) is 21.6 Å². The minimum absolute atomic E-state index is 0.337. The molecule has 0 amide bonds. The minimum Gasteiger partial charge on any atom is -0.497 e. The van der Waals surface area contributed by atoms with Crippen LogP contribution in [0.3, 0.4) is 0 Å². The number of nitrogens with two attached hydrogens (primary N) is 1. The highest BCUT2D eigenvalue weighted by Gasteiger charge is 2.14. The molecule has 19 heavy (non-hydrogen) atoms. The minimum atomic E-state index is 0.337. The molecule has 0 fully saturated rings. The summed E-state index contributed by atoms with van der Waals surface area (Å²) in [7, 11) is 1.60. The van der Waals surface area contributed by atoms with Gasteiger partial charge in [0.15, 0.2) is 5.65 Å². The van der Waals surface area contributed by atoms with E-state index in [1.165, 1.54) is 0 Å². The Morgan fingerprint density at radius 1 is 1.32 bits per heavy atom. The molecule has 96 valence electrons. The first-order valence-electron chi connectivity index (χ1n) is 5.63. The summed E-state index contributed by atoms with van der Waals surface area (Å²) in [5.41, 5.74) is 8.04. The average molecular weight is 275 g/mol. The van der Waals surface area contributed by atoms with Gasteiger partial charge in [0.2, 0.25) is 5.95 Å². The van der Waals surface area contributed by atoms with Crippen molar-refractivity contribution in [2.75, 3.05) is 12.8 Å². The number of methoxy groups -OCH3 is 1. The lowest BCUT2D eigenvalue weighted by molar-refractivity contribution is 0.414. The molecular formula is C13H11ClN4O. The van der Waals surface area contributed by atoms with Crippen LogP contribution >= 0.6 is 11.6 Å². The van der Waals surface area contributed by atoms with Crippen molar-refractivity contribution in [2.45, 2.75) is 0 Å². The lowest BCUT2D eigenvalue weighted by Gasteiger charge is -2.09. The van der Waals surface area contributed by atoms with Crippen LogP contribution in [0.2, 0.25) is 5.02 Å². The van der Waals surface area contributed by atoms with Crippen molar-refractivity contribution in [1.29, 1.82) is 0 Å². The molecule has 0 aliphatic heterocycles. The number of nitrogens with zero attached hydrogens (tertiary/aromatic N) is 3. The molecule has 2 N–H and O–H groups in total. The molecule has 3 rings (SSSR count). The van der Waals surface area contributed by atoms with Crippen molar-refractivity contribution in [2.24, 2.45) is 0 Å². The van der Waals surface area contributed by atoms with Crippen LogP contribution in [-0.2, 0) is 0 Å². The van der Waals surface area contributed by atoms with Crippen LogP contribution in [0.1, 0.15) is 0 Å². The molecule has 0 atom stereocenters. The van der Waals surface area contributed by atoms with E-state index < -0.39 is 0 Å². The molecule has 1 aromatic carbocycles. The molecule has 0 bridgehead atoms. The van der Waals surface area contributed by atoms with Gasteiger partial charge in [-0.2, -0.15) is 0 Å². The number of hydrogen-bond donors (Lipinski definition) is 1. The molecule has 5 nitrogen and oxygen atoms in total. The zero-order valence-corrected chi connectivity index (χ0v) is 10.9. The van der Waals surface area contributed by atoms with E-state index in [0.29, 0.717) is 28.1 Å². The monoisotopic (exact) mass is 274 g/mol. The van der Waals surface area contributed by atoms with Gasteiger partial charge in [0.25, 0.3) is 0 Å². The van der Waals surface area contributed by atoms with Crippen LogP contribution in [0.5, 0.6) is 5.75 Å². The Balaban J connectivity index is 2.32. The second kappa shape index (κ2) is 4.44. The molecule has 0 radical (unpaired) electrons. The Labute approximate surface area is 114 Å². The van der Waals surface area contributed by atoms with Gasteiger partial charge in [0.1, 0.15) is 11.3 Å². The normalized spacial score (nSPS) is 10.8. The fourth-order valence-corrected chi connectivity index (χ4v) is 2.16. The first-order valence-corrected chi connectivity index (χ1v) is 6.01. The molecule has 0 aliphatic carbocycles. The van der Waals surface area contributed by atoms with Gasteiger partial charge in [0.05, 0.1) is 17.8 Å². The SMILES string of the molecule is COc1ccc(Cl)c(-n2c(N)nc3cccnc32)c1. The van der Waals surface area contributed by atoms with Crippen molar-refractivity contribution in [3.8, 4) is 11.4 Å². The molecule has 2 aromatic heterocycles. The van der Waals surface area contributed by atoms with Crippen LogP contribution in [0, 0.1) is 0 Å². The van der Waals surface area contributed by atoms with Crippen LogP contribution in [0.25, 0.3) is 16.9 Å². The number of ether oxygens (including phenoxy) is 1. The van der Waals surface area contributed by atoms with Crippen molar-refractivity contribution in [1.82, 2.24) is 14.5 Å². The third kappa shape index (κ3) is 1.88. The number of pyridine rings is 1. The van der Waals surface area contributed by atoms with Gasteiger partial charge in [-0.3, -0.25) is 4.57 Å². The highest BCUT2D eigenvalue weighted by molar-refractivity contribution is 6.32. The lowest BCUT2D eigenvalue weighted by atomic mass is 10.3. The summed E-state index contributed by atoms with van der Waals surface area (Å²) < 4.78 is 6.91. The maximum atomic E-state index is 6.23. The molecule has 6 heteroatoms. The zero-order valence-electron chi connectivity index (χ0n) is 10.2. The van der Waals surface area contributed by atoms with Crippen LogP contribution in [0.4, 0.5) is 5.95 Å². The number of hydrogen-bond acceptors (Lipinski definition) is 4. The van der Waals surface area contributed by atoms with Gasteiger partial charge < -0.3 is 10.5 Å². The molecule has 3 aromatic rings. The number of imidazole rings is 1. The average Bonchev–Trinajstić information content (AvgIpc) is 2.75. The van der Waals surface area contributed by atoms with Crippen molar-refractivity contribution in [3.05, 3.63) is 41.6 Å². The molecule has 0 saturated carbocycles. The second-order valence-corrected chi connectivity index (χ2v) is 4.38. The van der Waals surface area contributed by atoms with Crippen LogP contribution < -0.4 is 10.5 Å². The van der Waals surface area contributed by atoms with E-state index in [4.69, 9.17) is 22.1 Å². The third-order valence-electron chi connectivity index (χ3n) is 2.84.